The number of unbranched alkanes of at least 4 members (excludes halogenated alkanes) is 11. The van der Waals surface area contributed by atoms with E-state index in [1.165, 1.54) is 19.3 Å². The number of carbonyl (C=O) groups excluding carboxylic acids is 4. The molecule has 0 fully saturated rings. The van der Waals surface area contributed by atoms with Crippen LogP contribution in [0.15, 0.2) is 207 Å². The minimum Gasteiger partial charge on any atom is -0.462 e. The summed E-state index contributed by atoms with van der Waals surface area (Å²) in [7, 11) is -10.0. The standard InChI is InChI=1S/C87H136O17P2/c1-5-9-13-17-21-25-29-33-37-40-44-47-51-55-59-63-67-71-84(89)97-77-82(103-86(91)73-69-65-61-57-53-49-43-36-32-28-24-20-16-12-8-4)79-101-105(93,94)99-75-81(88)76-100-106(95,96)102-80-83(104-87(92)74-70-66-62-58-54-50-46-42-39-35-31-27-23-19-15-11-7-3)78-98-85(90)72-68-64-60-56-52-48-45-41-38-34-30-26-22-18-14-10-6-2/h9-11,13-15,21-28,33-39,43-48,50,55-56,58-60,62,81-83,88H,5-8,12,16-20,29-32,40-42,49,51-54,57,61,63-80H2,1-4H3,(H,93,94)(H,95,96)/b13-9-,14-10-,15-11-,25-21-,26-22-,27-23-,28-24-,37-33-,38-34-,39-35-,43-36-,47-44-,48-45-,50-46-,59-55-,60-56-,62-58-. The highest BCUT2D eigenvalue weighted by Crippen LogP contribution is 2.45. The summed E-state index contributed by atoms with van der Waals surface area (Å²) in [5, 5.41) is 10.6. The lowest BCUT2D eigenvalue weighted by Gasteiger charge is -2.21. The first kappa shape index (κ1) is 99.6. The fourth-order valence-electron chi connectivity index (χ4n) is 9.36. The second-order valence-electron chi connectivity index (χ2n) is 25.1. The van der Waals surface area contributed by atoms with Crippen molar-refractivity contribution in [3.05, 3.63) is 207 Å². The second kappa shape index (κ2) is 76.8. The third-order valence-electron chi connectivity index (χ3n) is 15.2. The molecule has 0 aliphatic heterocycles. The van der Waals surface area contributed by atoms with Gasteiger partial charge in [-0.3, -0.25) is 37.3 Å². The van der Waals surface area contributed by atoms with E-state index in [2.05, 4.69) is 198 Å². The van der Waals surface area contributed by atoms with E-state index in [1.807, 2.05) is 36.5 Å². The van der Waals surface area contributed by atoms with Crippen molar-refractivity contribution < 1.29 is 80.2 Å². The minimum atomic E-state index is -5.02. The third kappa shape index (κ3) is 75.9. The molecule has 3 N–H and O–H groups in total. The maximum atomic E-state index is 13.1. The van der Waals surface area contributed by atoms with E-state index < -0.39 is 97.5 Å². The Hall–Kier alpha value is -6.36. The highest BCUT2D eigenvalue weighted by Gasteiger charge is 2.30. The van der Waals surface area contributed by atoms with Gasteiger partial charge in [0.2, 0.25) is 0 Å². The van der Waals surface area contributed by atoms with E-state index in [9.17, 15) is 43.2 Å². The predicted octanol–water partition coefficient (Wildman–Crippen LogP) is 23.1. The zero-order valence-corrected chi connectivity index (χ0v) is 66.8. The number of phosphoric acid groups is 2. The molecule has 17 nitrogen and oxygen atoms in total. The van der Waals surface area contributed by atoms with E-state index in [-0.39, 0.29) is 25.7 Å². The van der Waals surface area contributed by atoms with Gasteiger partial charge in [-0.25, -0.2) is 9.13 Å². The van der Waals surface area contributed by atoms with Crippen LogP contribution in [0, 0.1) is 0 Å². The van der Waals surface area contributed by atoms with Gasteiger partial charge in [-0.1, -0.05) is 266 Å². The van der Waals surface area contributed by atoms with Crippen molar-refractivity contribution in [2.45, 2.75) is 277 Å². The fraction of sp³-hybridized carbons (Fsp3) is 0.563. The molecule has 0 radical (unpaired) electrons. The molecule has 5 atom stereocenters. The van der Waals surface area contributed by atoms with E-state index in [1.54, 1.807) is 0 Å². The van der Waals surface area contributed by atoms with Crippen LogP contribution in [-0.4, -0.2) is 96.7 Å². The highest BCUT2D eigenvalue weighted by atomic mass is 31.2. The van der Waals surface area contributed by atoms with Gasteiger partial charge in [-0.2, -0.15) is 0 Å². The van der Waals surface area contributed by atoms with Crippen LogP contribution in [0.25, 0.3) is 0 Å². The van der Waals surface area contributed by atoms with Gasteiger partial charge in [0.15, 0.2) is 12.2 Å². The van der Waals surface area contributed by atoms with E-state index in [0.717, 1.165) is 141 Å². The molecule has 0 saturated heterocycles. The summed E-state index contributed by atoms with van der Waals surface area (Å²) < 4.78 is 68.4. The van der Waals surface area contributed by atoms with Gasteiger partial charge in [0.25, 0.3) is 0 Å². The van der Waals surface area contributed by atoms with Crippen molar-refractivity contribution >= 4 is 39.5 Å². The fourth-order valence-corrected chi connectivity index (χ4v) is 10.9. The van der Waals surface area contributed by atoms with Crippen molar-refractivity contribution in [3.63, 3.8) is 0 Å². The Morgan fingerprint density at radius 2 is 0.500 bits per heavy atom. The Labute approximate surface area is 639 Å². The van der Waals surface area contributed by atoms with Gasteiger partial charge in [0.05, 0.1) is 26.4 Å². The summed E-state index contributed by atoms with van der Waals surface area (Å²) in [5.74, 6) is -2.42. The van der Waals surface area contributed by atoms with Gasteiger partial charge < -0.3 is 33.8 Å². The molecule has 0 amide bonds. The number of esters is 4. The molecule has 0 aliphatic carbocycles. The lowest BCUT2D eigenvalue weighted by molar-refractivity contribution is -0.161. The molecular formula is C87H136O17P2. The molecule has 5 unspecified atom stereocenters. The Morgan fingerprint density at radius 3 is 0.792 bits per heavy atom. The summed E-state index contributed by atoms with van der Waals surface area (Å²) in [6, 6.07) is 0. The Bertz CT molecular complexity index is 2830. The van der Waals surface area contributed by atoms with Crippen LogP contribution in [0.2, 0.25) is 0 Å². The SMILES string of the molecule is CC/C=C\C/C=C\C/C=C\C/C=C\C/C=C\CCCC(=O)OCC(COP(=O)(O)OCC(O)COP(=O)(O)OCC(COC(=O)CCC/C=C\C/C=C\C/C=C\C/C=C\C/C=C\CC)OC(=O)CCCCCCC/C=C\C/C=C\CCCCC)OC(=O)CCC/C=C\C/C=C\C/C=C\C/C=C\C/C=C\CC. The Balaban J connectivity index is 5.56. The molecule has 0 heterocycles. The molecule has 596 valence electrons. The van der Waals surface area contributed by atoms with Crippen LogP contribution in [0.4, 0.5) is 0 Å². The molecular weight excluding hydrogens is 1380 g/mol. The van der Waals surface area contributed by atoms with Gasteiger partial charge in [-0.05, 0) is 173 Å². The molecule has 0 bridgehead atoms. The number of phosphoric ester groups is 2. The largest absolute Gasteiger partial charge is 0.472 e. The first-order chi connectivity index (χ1) is 51.7. The molecule has 0 aromatic heterocycles. The van der Waals surface area contributed by atoms with Crippen molar-refractivity contribution in [2.24, 2.45) is 0 Å². The topological polar surface area (TPSA) is 237 Å². The van der Waals surface area contributed by atoms with Crippen LogP contribution >= 0.6 is 15.6 Å². The predicted molar refractivity (Wildman–Crippen MR) is 435 cm³/mol. The lowest BCUT2D eigenvalue weighted by Crippen LogP contribution is -2.30. The Kier molecular flexibility index (Phi) is 72.2. The van der Waals surface area contributed by atoms with Crippen molar-refractivity contribution in [1.29, 1.82) is 0 Å². The summed E-state index contributed by atoms with van der Waals surface area (Å²) in [5.41, 5.74) is 0. The van der Waals surface area contributed by atoms with Crippen molar-refractivity contribution in [1.82, 2.24) is 0 Å². The van der Waals surface area contributed by atoms with Crippen LogP contribution in [0.5, 0.6) is 0 Å². The average Bonchev–Trinajstić information content (AvgIpc) is 0.902. The minimum absolute atomic E-state index is 0.00632. The van der Waals surface area contributed by atoms with E-state index in [4.69, 9.17) is 37.0 Å². The number of hydrogen-bond donors (Lipinski definition) is 3. The molecule has 0 saturated carbocycles. The normalized spacial score (nSPS) is 15.0. The zero-order chi connectivity index (χ0) is 77.4. The highest BCUT2D eigenvalue weighted by molar-refractivity contribution is 7.47. The zero-order valence-electron chi connectivity index (χ0n) is 65.0. The summed E-state index contributed by atoms with van der Waals surface area (Å²) >= 11 is 0. The number of hydrogen-bond acceptors (Lipinski definition) is 15. The number of rotatable bonds is 71. The monoisotopic (exact) mass is 1510 g/mol. The third-order valence-corrected chi connectivity index (χ3v) is 17.1. The van der Waals surface area contributed by atoms with Gasteiger partial charge >= 0.3 is 39.5 Å². The van der Waals surface area contributed by atoms with Crippen LogP contribution in [0.3, 0.4) is 0 Å². The lowest BCUT2D eigenvalue weighted by atomic mass is 10.1. The Morgan fingerprint density at radius 1 is 0.274 bits per heavy atom. The van der Waals surface area contributed by atoms with E-state index in [0.29, 0.717) is 44.9 Å². The van der Waals surface area contributed by atoms with Crippen LogP contribution in [-0.2, 0) is 65.4 Å². The summed E-state index contributed by atoms with van der Waals surface area (Å²) in [4.78, 5) is 73.0. The second-order valence-corrected chi connectivity index (χ2v) is 28.1. The molecule has 0 spiro atoms. The van der Waals surface area contributed by atoms with Crippen LogP contribution in [0.1, 0.15) is 259 Å². The maximum absolute atomic E-state index is 13.1. The smallest absolute Gasteiger partial charge is 0.462 e. The number of allylic oxidation sites excluding steroid dienone is 34. The number of aliphatic hydroxyl groups is 1. The maximum Gasteiger partial charge on any atom is 0.472 e. The number of carbonyl (C=O) groups is 4. The van der Waals surface area contributed by atoms with E-state index >= 15 is 0 Å². The number of ether oxygens (including phenoxy) is 4. The molecule has 106 heavy (non-hydrogen) atoms. The first-order valence-corrected chi connectivity index (χ1v) is 42.3. The van der Waals surface area contributed by atoms with Gasteiger partial charge in [0, 0.05) is 25.7 Å². The van der Waals surface area contributed by atoms with Crippen molar-refractivity contribution in [2.75, 3.05) is 39.6 Å². The quantitative estimate of drug-likeness (QED) is 0.0169. The first-order valence-electron chi connectivity index (χ1n) is 39.3. The van der Waals surface area contributed by atoms with Crippen LogP contribution < -0.4 is 0 Å². The van der Waals surface area contributed by atoms with Crippen molar-refractivity contribution in [3.8, 4) is 0 Å². The average molecular weight is 1520 g/mol. The summed E-state index contributed by atoms with van der Waals surface area (Å²) in [6.45, 7) is 4.25. The molecule has 0 aliphatic rings. The molecule has 0 aromatic rings. The molecule has 19 heteroatoms. The molecule has 0 rings (SSSR count). The van der Waals surface area contributed by atoms with Gasteiger partial charge in [0.1, 0.15) is 19.3 Å². The summed E-state index contributed by atoms with van der Waals surface area (Å²) in [6.07, 6.45) is 95.5. The molecule has 0 aromatic carbocycles. The number of aliphatic hydroxyl groups excluding tert-OH is 1. The van der Waals surface area contributed by atoms with Gasteiger partial charge in [-0.15, -0.1) is 0 Å².